The van der Waals surface area contributed by atoms with Crippen LogP contribution in [0.3, 0.4) is 0 Å². The number of hydrogen-bond acceptors (Lipinski definition) is 6. The first kappa shape index (κ1) is 14.0. The third-order valence-corrected chi connectivity index (χ3v) is 2.91. The van der Waals surface area contributed by atoms with Crippen LogP contribution in [0.4, 0.5) is 5.69 Å². The number of morpholine rings is 1. The molecule has 1 N–H and O–H groups in total. The maximum Gasteiger partial charge on any atom is 0.268 e. The molecule has 1 aromatic heterocycles. The molecule has 1 aliphatic rings. The number of nitrogens with zero attached hydrogens (tertiary/aromatic N) is 3. The molecule has 1 fully saturated rings. The van der Waals surface area contributed by atoms with Gasteiger partial charge in [-0.1, -0.05) is 0 Å². The van der Waals surface area contributed by atoms with Crippen LogP contribution in [0.25, 0.3) is 0 Å². The van der Waals surface area contributed by atoms with Crippen LogP contribution in [0.5, 0.6) is 0 Å². The zero-order valence-corrected chi connectivity index (χ0v) is 10.8. The summed E-state index contributed by atoms with van der Waals surface area (Å²) in [4.78, 5) is 14.0. The number of aliphatic hydroxyl groups is 1. The lowest BCUT2D eigenvalue weighted by Crippen LogP contribution is -2.37. The molecule has 0 spiro atoms. The lowest BCUT2D eigenvalue weighted by Gasteiger charge is -2.28. The van der Waals surface area contributed by atoms with E-state index >= 15 is 0 Å². The summed E-state index contributed by atoms with van der Waals surface area (Å²) in [6.07, 6.45) is 1.69. The van der Waals surface area contributed by atoms with Gasteiger partial charge in [-0.3, -0.25) is 4.79 Å². The fourth-order valence-electron chi connectivity index (χ4n) is 1.90. The van der Waals surface area contributed by atoms with Gasteiger partial charge in [0, 0.05) is 19.2 Å². The molecule has 7 nitrogen and oxygen atoms in total. The second-order valence-corrected chi connectivity index (χ2v) is 4.21. The number of aliphatic hydroxyl groups excluding tert-OH is 1. The third kappa shape index (κ3) is 4.02. The van der Waals surface area contributed by atoms with Gasteiger partial charge < -0.3 is 19.5 Å². The summed E-state index contributed by atoms with van der Waals surface area (Å²) in [7, 11) is 0. The second kappa shape index (κ2) is 7.22. The summed E-state index contributed by atoms with van der Waals surface area (Å²) in [5, 5.41) is 12.7. The van der Waals surface area contributed by atoms with E-state index in [0.29, 0.717) is 26.4 Å². The number of rotatable bonds is 6. The number of aromatic nitrogens is 2. The summed E-state index contributed by atoms with van der Waals surface area (Å²) in [5.41, 5.74) is 0.692. The molecule has 1 saturated heterocycles. The van der Waals surface area contributed by atoms with E-state index < -0.39 is 0 Å². The minimum absolute atomic E-state index is 0.0156. The van der Waals surface area contributed by atoms with Crippen LogP contribution in [0.15, 0.2) is 17.1 Å². The Morgan fingerprint density at radius 2 is 2.16 bits per heavy atom. The van der Waals surface area contributed by atoms with Crippen LogP contribution in [0.1, 0.15) is 0 Å². The molecule has 0 saturated carbocycles. The average Bonchev–Trinajstić information content (AvgIpc) is 2.46. The van der Waals surface area contributed by atoms with E-state index in [0.717, 1.165) is 18.8 Å². The minimum atomic E-state index is -0.142. The van der Waals surface area contributed by atoms with E-state index in [-0.39, 0.29) is 18.8 Å². The van der Waals surface area contributed by atoms with Crippen molar-refractivity contribution < 1.29 is 14.6 Å². The molecule has 0 aliphatic carbocycles. The van der Waals surface area contributed by atoms with E-state index in [2.05, 4.69) is 10.00 Å². The Morgan fingerprint density at radius 1 is 1.37 bits per heavy atom. The zero-order chi connectivity index (χ0) is 13.5. The molecule has 0 aromatic carbocycles. The van der Waals surface area contributed by atoms with Crippen molar-refractivity contribution in [1.82, 2.24) is 9.78 Å². The molecule has 0 amide bonds. The molecule has 2 rings (SSSR count). The summed E-state index contributed by atoms with van der Waals surface area (Å²) in [5.74, 6) is 0. The average molecular weight is 269 g/mol. The predicted molar refractivity (Wildman–Crippen MR) is 69.4 cm³/mol. The van der Waals surface area contributed by atoms with Gasteiger partial charge in [0.15, 0.2) is 0 Å². The van der Waals surface area contributed by atoms with Gasteiger partial charge in [0.2, 0.25) is 0 Å². The van der Waals surface area contributed by atoms with Crippen molar-refractivity contribution in [1.29, 1.82) is 0 Å². The van der Waals surface area contributed by atoms with Crippen LogP contribution < -0.4 is 10.5 Å². The molecule has 1 aromatic rings. The maximum absolute atomic E-state index is 11.9. The van der Waals surface area contributed by atoms with Crippen molar-refractivity contribution in [2.75, 3.05) is 51.0 Å². The first-order valence-corrected chi connectivity index (χ1v) is 6.40. The van der Waals surface area contributed by atoms with Crippen LogP contribution >= 0.6 is 0 Å². The normalized spacial score (nSPS) is 15.7. The monoisotopic (exact) mass is 269 g/mol. The fraction of sp³-hybridized carbons (Fsp3) is 0.667. The van der Waals surface area contributed by atoms with Crippen LogP contribution in [0, 0.1) is 0 Å². The highest BCUT2D eigenvalue weighted by Crippen LogP contribution is 2.11. The van der Waals surface area contributed by atoms with E-state index in [9.17, 15) is 4.79 Å². The first-order chi connectivity index (χ1) is 9.31. The van der Waals surface area contributed by atoms with Crippen LogP contribution in [0.2, 0.25) is 0 Å². The lowest BCUT2D eigenvalue weighted by atomic mass is 10.3. The van der Waals surface area contributed by atoms with Crippen molar-refractivity contribution in [3.8, 4) is 0 Å². The molecular formula is C12H19N3O4. The summed E-state index contributed by atoms with van der Waals surface area (Å²) in [6.45, 7) is 3.94. The van der Waals surface area contributed by atoms with Crippen LogP contribution in [-0.2, 0) is 16.0 Å². The molecule has 0 atom stereocenters. The van der Waals surface area contributed by atoms with Crippen molar-refractivity contribution in [3.63, 3.8) is 0 Å². The predicted octanol–water partition coefficient (Wildman–Crippen LogP) is -0.911. The molecular weight excluding hydrogens is 250 g/mol. The van der Waals surface area contributed by atoms with Gasteiger partial charge in [-0.05, 0) is 0 Å². The van der Waals surface area contributed by atoms with Crippen molar-refractivity contribution in [3.05, 3.63) is 22.6 Å². The van der Waals surface area contributed by atoms with E-state index in [1.165, 1.54) is 4.68 Å². The zero-order valence-electron chi connectivity index (χ0n) is 10.8. The first-order valence-electron chi connectivity index (χ1n) is 6.40. The number of ether oxygens (including phenoxy) is 2. The molecule has 7 heteroatoms. The Balaban J connectivity index is 1.94. The van der Waals surface area contributed by atoms with Crippen LogP contribution in [-0.4, -0.2) is 61.0 Å². The summed E-state index contributed by atoms with van der Waals surface area (Å²) >= 11 is 0. The fourth-order valence-corrected chi connectivity index (χ4v) is 1.90. The number of hydrogen-bond donors (Lipinski definition) is 1. The van der Waals surface area contributed by atoms with Crippen molar-refractivity contribution in [2.45, 2.75) is 6.54 Å². The van der Waals surface area contributed by atoms with Gasteiger partial charge in [0.05, 0.1) is 51.5 Å². The highest BCUT2D eigenvalue weighted by Gasteiger charge is 2.12. The molecule has 0 radical (unpaired) electrons. The Labute approximate surface area is 111 Å². The van der Waals surface area contributed by atoms with E-state index in [4.69, 9.17) is 14.6 Å². The second-order valence-electron chi connectivity index (χ2n) is 4.21. The quantitative estimate of drug-likeness (QED) is 0.674. The molecule has 19 heavy (non-hydrogen) atoms. The van der Waals surface area contributed by atoms with Gasteiger partial charge in [0.1, 0.15) is 0 Å². The highest BCUT2D eigenvalue weighted by atomic mass is 16.5. The standard InChI is InChI=1S/C12H19N3O4/c16-4-8-19-7-3-15-12(17)9-11(10-13-15)14-1-5-18-6-2-14/h9-10,16H,1-8H2. The van der Waals surface area contributed by atoms with Gasteiger partial charge in [-0.2, -0.15) is 5.10 Å². The van der Waals surface area contributed by atoms with E-state index in [1.807, 2.05) is 0 Å². The number of anilines is 1. The lowest BCUT2D eigenvalue weighted by molar-refractivity contribution is 0.0846. The van der Waals surface area contributed by atoms with Gasteiger partial charge in [-0.15, -0.1) is 0 Å². The SMILES string of the molecule is O=c1cc(N2CCOCC2)cnn1CCOCCO. The Bertz CT molecular complexity index is 443. The topological polar surface area (TPSA) is 76.8 Å². The summed E-state index contributed by atoms with van der Waals surface area (Å²) < 4.78 is 11.7. The summed E-state index contributed by atoms with van der Waals surface area (Å²) in [6, 6.07) is 1.59. The highest BCUT2D eigenvalue weighted by molar-refractivity contribution is 5.43. The Kier molecular flexibility index (Phi) is 5.31. The molecule has 1 aliphatic heterocycles. The minimum Gasteiger partial charge on any atom is -0.394 e. The van der Waals surface area contributed by atoms with Crippen molar-refractivity contribution in [2.24, 2.45) is 0 Å². The van der Waals surface area contributed by atoms with Crippen molar-refractivity contribution >= 4 is 5.69 Å². The Hall–Kier alpha value is -1.44. The molecule has 106 valence electrons. The molecule has 0 unspecified atom stereocenters. The van der Waals surface area contributed by atoms with E-state index in [1.54, 1.807) is 12.3 Å². The largest absolute Gasteiger partial charge is 0.394 e. The molecule has 2 heterocycles. The third-order valence-electron chi connectivity index (χ3n) is 2.91. The maximum atomic E-state index is 11.9. The van der Waals surface area contributed by atoms with Gasteiger partial charge in [-0.25, -0.2) is 4.68 Å². The Morgan fingerprint density at radius 3 is 2.84 bits per heavy atom. The molecule has 0 bridgehead atoms. The smallest absolute Gasteiger partial charge is 0.268 e. The van der Waals surface area contributed by atoms with Gasteiger partial charge >= 0.3 is 0 Å². The van der Waals surface area contributed by atoms with Gasteiger partial charge in [0.25, 0.3) is 5.56 Å².